The molecule has 1 aliphatic carbocycles. The minimum atomic E-state index is 0.493. The third kappa shape index (κ3) is 2.21. The standard InChI is InChI=1S/C21H14S2/c1-2-8-14(9-3-1)22-21-20(17-12-6-7-13-18(17)23-21)19-15-10-4-5-11-16(15)19/h1-13,19H. The fraction of sp³-hybridized carbons (Fsp3) is 0.0476. The van der Waals surface area contributed by atoms with E-state index in [9.17, 15) is 0 Å². The van der Waals surface area contributed by atoms with Gasteiger partial charge in [-0.05, 0) is 40.3 Å². The lowest BCUT2D eigenvalue weighted by Gasteiger charge is -2.03. The van der Waals surface area contributed by atoms with Gasteiger partial charge >= 0.3 is 0 Å². The highest BCUT2D eigenvalue weighted by atomic mass is 32.2. The SMILES string of the molecule is c1ccc(Sc2sc3ccccc3c2C2c3ccccc32)cc1. The van der Waals surface area contributed by atoms with Crippen molar-refractivity contribution in [3.63, 3.8) is 0 Å². The third-order valence-corrected chi connectivity index (χ3v) is 6.77. The normalized spacial score (nSPS) is 13.2. The molecular formula is C21H14S2. The summed E-state index contributed by atoms with van der Waals surface area (Å²) >= 11 is 3.82. The van der Waals surface area contributed by atoms with Gasteiger partial charge in [0.25, 0.3) is 0 Å². The average Bonchev–Trinajstić information content (AvgIpc) is 3.21. The summed E-state index contributed by atoms with van der Waals surface area (Å²) in [4.78, 5) is 1.31. The molecule has 0 aliphatic heterocycles. The Labute approximate surface area is 143 Å². The molecule has 0 saturated heterocycles. The molecule has 23 heavy (non-hydrogen) atoms. The van der Waals surface area contributed by atoms with Crippen LogP contribution in [0.2, 0.25) is 0 Å². The zero-order valence-corrected chi connectivity index (χ0v) is 14.0. The Balaban J connectivity index is 1.66. The molecule has 5 rings (SSSR count). The predicted octanol–water partition coefficient (Wildman–Crippen LogP) is 6.55. The largest absolute Gasteiger partial charge is 0.128 e. The third-order valence-electron chi connectivity index (χ3n) is 4.38. The summed E-state index contributed by atoms with van der Waals surface area (Å²) in [6, 6.07) is 28.3. The van der Waals surface area contributed by atoms with E-state index in [2.05, 4.69) is 78.9 Å². The first-order chi connectivity index (χ1) is 11.4. The Morgan fingerprint density at radius 2 is 1.35 bits per heavy atom. The van der Waals surface area contributed by atoms with E-state index in [1.807, 2.05) is 23.1 Å². The summed E-state index contributed by atoms with van der Waals surface area (Å²) in [7, 11) is 0. The maximum atomic E-state index is 2.27. The van der Waals surface area contributed by atoms with Gasteiger partial charge in [-0.3, -0.25) is 0 Å². The fourth-order valence-corrected chi connectivity index (χ4v) is 5.80. The van der Waals surface area contributed by atoms with Crippen molar-refractivity contribution in [1.29, 1.82) is 0 Å². The first kappa shape index (κ1) is 13.4. The second-order valence-electron chi connectivity index (χ2n) is 5.78. The second-order valence-corrected chi connectivity index (χ2v) is 8.17. The van der Waals surface area contributed by atoms with Crippen molar-refractivity contribution >= 4 is 33.2 Å². The minimum Gasteiger partial charge on any atom is -0.128 e. The van der Waals surface area contributed by atoms with Crippen molar-refractivity contribution in [2.24, 2.45) is 0 Å². The molecule has 0 atom stereocenters. The molecule has 0 nitrogen and oxygen atoms in total. The summed E-state index contributed by atoms with van der Waals surface area (Å²) in [6.45, 7) is 0. The summed E-state index contributed by atoms with van der Waals surface area (Å²) < 4.78 is 2.82. The highest BCUT2D eigenvalue weighted by Gasteiger charge is 2.37. The minimum absolute atomic E-state index is 0.493. The Morgan fingerprint density at radius 1 is 0.696 bits per heavy atom. The molecule has 0 fully saturated rings. The van der Waals surface area contributed by atoms with E-state index in [-0.39, 0.29) is 0 Å². The average molecular weight is 330 g/mol. The van der Waals surface area contributed by atoms with Gasteiger partial charge in [-0.25, -0.2) is 0 Å². The molecule has 0 amide bonds. The summed E-state index contributed by atoms with van der Waals surface area (Å²) in [5, 5.41) is 1.41. The summed E-state index contributed by atoms with van der Waals surface area (Å²) in [6.07, 6.45) is 0. The monoisotopic (exact) mass is 330 g/mol. The molecule has 0 saturated carbocycles. The molecule has 3 aromatic carbocycles. The molecule has 110 valence electrons. The fourth-order valence-electron chi connectivity index (χ4n) is 3.26. The Morgan fingerprint density at radius 3 is 2.13 bits per heavy atom. The molecule has 0 N–H and O–H groups in total. The highest BCUT2D eigenvalue weighted by Crippen LogP contribution is 2.55. The van der Waals surface area contributed by atoms with Crippen molar-refractivity contribution in [1.82, 2.24) is 0 Å². The molecule has 0 radical (unpaired) electrons. The van der Waals surface area contributed by atoms with Gasteiger partial charge in [0.2, 0.25) is 0 Å². The van der Waals surface area contributed by atoms with Crippen LogP contribution in [0.1, 0.15) is 22.6 Å². The van der Waals surface area contributed by atoms with E-state index >= 15 is 0 Å². The van der Waals surface area contributed by atoms with Gasteiger partial charge in [0.1, 0.15) is 0 Å². The zero-order valence-electron chi connectivity index (χ0n) is 12.4. The van der Waals surface area contributed by atoms with Gasteiger partial charge in [0.15, 0.2) is 0 Å². The van der Waals surface area contributed by atoms with E-state index in [1.54, 1.807) is 0 Å². The summed E-state index contributed by atoms with van der Waals surface area (Å²) in [5.74, 6) is 0.493. The lowest BCUT2D eigenvalue weighted by Crippen LogP contribution is -1.82. The molecule has 1 aromatic heterocycles. The Kier molecular flexibility index (Phi) is 3.07. The van der Waals surface area contributed by atoms with Crippen LogP contribution in [0.4, 0.5) is 0 Å². The quantitative estimate of drug-likeness (QED) is 0.361. The number of thiophene rings is 1. The first-order valence-corrected chi connectivity index (χ1v) is 9.38. The van der Waals surface area contributed by atoms with Crippen LogP contribution in [0.5, 0.6) is 0 Å². The van der Waals surface area contributed by atoms with E-state index in [0.29, 0.717) is 5.92 Å². The molecule has 2 heteroatoms. The molecular weight excluding hydrogens is 316 g/mol. The van der Waals surface area contributed by atoms with Gasteiger partial charge in [-0.15, -0.1) is 11.3 Å². The smallest absolute Gasteiger partial charge is 0.0700 e. The number of fused-ring (bicyclic) bond motifs is 2. The lowest BCUT2D eigenvalue weighted by molar-refractivity contribution is 1.19. The zero-order chi connectivity index (χ0) is 15.2. The van der Waals surface area contributed by atoms with Crippen LogP contribution >= 0.6 is 23.1 Å². The van der Waals surface area contributed by atoms with Gasteiger partial charge in [0.05, 0.1) is 4.21 Å². The van der Waals surface area contributed by atoms with Crippen LogP contribution in [0.25, 0.3) is 10.1 Å². The van der Waals surface area contributed by atoms with Crippen molar-refractivity contribution in [3.8, 4) is 0 Å². The van der Waals surface area contributed by atoms with Crippen LogP contribution < -0.4 is 0 Å². The molecule has 1 aliphatic rings. The molecule has 0 bridgehead atoms. The van der Waals surface area contributed by atoms with Gasteiger partial charge < -0.3 is 0 Å². The molecule has 0 spiro atoms. The summed E-state index contributed by atoms with van der Waals surface area (Å²) in [5.41, 5.74) is 4.48. The maximum absolute atomic E-state index is 2.27. The number of benzene rings is 3. The number of hydrogen-bond acceptors (Lipinski definition) is 2. The van der Waals surface area contributed by atoms with Crippen LogP contribution in [-0.2, 0) is 0 Å². The van der Waals surface area contributed by atoms with Crippen molar-refractivity contribution in [2.45, 2.75) is 15.0 Å². The van der Waals surface area contributed by atoms with Crippen molar-refractivity contribution in [3.05, 3.63) is 95.6 Å². The van der Waals surface area contributed by atoms with Crippen LogP contribution in [0, 0.1) is 0 Å². The topological polar surface area (TPSA) is 0 Å². The van der Waals surface area contributed by atoms with E-state index in [0.717, 1.165) is 0 Å². The van der Waals surface area contributed by atoms with E-state index in [4.69, 9.17) is 0 Å². The first-order valence-electron chi connectivity index (χ1n) is 7.75. The molecule has 1 heterocycles. The maximum Gasteiger partial charge on any atom is 0.0700 e. The lowest BCUT2D eigenvalue weighted by atomic mass is 10.1. The van der Waals surface area contributed by atoms with E-state index in [1.165, 1.54) is 35.9 Å². The van der Waals surface area contributed by atoms with Crippen LogP contribution in [0.3, 0.4) is 0 Å². The van der Waals surface area contributed by atoms with E-state index < -0.39 is 0 Å². The Bertz CT molecular complexity index is 976. The van der Waals surface area contributed by atoms with Crippen molar-refractivity contribution < 1.29 is 0 Å². The Hall–Kier alpha value is -2.03. The van der Waals surface area contributed by atoms with Gasteiger partial charge in [-0.1, -0.05) is 72.4 Å². The second kappa shape index (κ2) is 5.26. The van der Waals surface area contributed by atoms with Crippen LogP contribution in [-0.4, -0.2) is 0 Å². The van der Waals surface area contributed by atoms with Gasteiger partial charge in [0, 0.05) is 15.5 Å². The van der Waals surface area contributed by atoms with Crippen LogP contribution in [0.15, 0.2) is 88.0 Å². The number of rotatable bonds is 3. The van der Waals surface area contributed by atoms with Crippen molar-refractivity contribution in [2.75, 3.05) is 0 Å². The molecule has 0 unspecified atom stereocenters. The van der Waals surface area contributed by atoms with Gasteiger partial charge in [-0.2, -0.15) is 0 Å². The predicted molar refractivity (Wildman–Crippen MR) is 99.8 cm³/mol. The number of hydrogen-bond donors (Lipinski definition) is 0. The molecule has 4 aromatic rings. The highest BCUT2D eigenvalue weighted by molar-refractivity contribution is 8.01.